The lowest BCUT2D eigenvalue weighted by Gasteiger charge is -1.98. The molecular weight excluding hydrogens is 172 g/mol. The third kappa shape index (κ3) is 1.27. The van der Waals surface area contributed by atoms with Crippen LogP contribution in [-0.4, -0.2) is 4.98 Å². The molecule has 0 bridgehead atoms. The summed E-state index contributed by atoms with van der Waals surface area (Å²) in [6.07, 6.45) is 3.53. The highest BCUT2D eigenvalue weighted by Crippen LogP contribution is 2.22. The van der Waals surface area contributed by atoms with Gasteiger partial charge in [0.2, 0.25) is 0 Å². The van der Waals surface area contributed by atoms with Gasteiger partial charge in [0.15, 0.2) is 0 Å². The lowest BCUT2D eigenvalue weighted by Crippen LogP contribution is -1.83. The fourth-order valence-corrected chi connectivity index (χ4v) is 1.80. The highest BCUT2D eigenvalue weighted by Gasteiger charge is 2.04. The van der Waals surface area contributed by atoms with Crippen LogP contribution in [-0.2, 0) is 12.8 Å². The number of aryl methyl sites for hydroxylation is 1. The largest absolute Gasteiger partial charge is 0.361 e. The van der Waals surface area contributed by atoms with Crippen molar-refractivity contribution in [3.8, 4) is 6.07 Å². The minimum absolute atomic E-state index is 0.473. The first kappa shape index (κ1) is 8.83. The Morgan fingerprint density at radius 3 is 2.93 bits per heavy atom. The first-order valence-corrected chi connectivity index (χ1v) is 4.81. The summed E-state index contributed by atoms with van der Waals surface area (Å²) < 4.78 is 0. The van der Waals surface area contributed by atoms with Gasteiger partial charge in [0.1, 0.15) is 0 Å². The summed E-state index contributed by atoms with van der Waals surface area (Å²) in [6.45, 7) is 2.14. The van der Waals surface area contributed by atoms with Crippen molar-refractivity contribution in [1.82, 2.24) is 4.98 Å². The third-order valence-corrected chi connectivity index (χ3v) is 2.54. The smallest absolute Gasteiger partial charge is 0.0670 e. The fraction of sp³-hybridized carbons (Fsp3) is 0.250. The molecule has 0 spiro atoms. The molecule has 70 valence electrons. The van der Waals surface area contributed by atoms with Crippen molar-refractivity contribution in [3.05, 3.63) is 35.5 Å². The van der Waals surface area contributed by atoms with Crippen LogP contribution >= 0.6 is 0 Å². The number of fused-ring (bicyclic) bond motifs is 1. The minimum atomic E-state index is 0.473. The summed E-state index contributed by atoms with van der Waals surface area (Å²) in [4.78, 5) is 3.24. The quantitative estimate of drug-likeness (QED) is 0.765. The molecule has 1 aromatic heterocycles. The summed E-state index contributed by atoms with van der Waals surface area (Å²) in [5.41, 5.74) is 3.52. The molecule has 0 amide bonds. The topological polar surface area (TPSA) is 39.6 Å². The van der Waals surface area contributed by atoms with Gasteiger partial charge in [0.25, 0.3) is 0 Å². The molecule has 0 aliphatic heterocycles. The number of nitrogens with zero attached hydrogens (tertiary/aromatic N) is 1. The molecular formula is C12H12N2. The normalized spacial score (nSPS) is 10.3. The van der Waals surface area contributed by atoms with Crippen LogP contribution in [0.3, 0.4) is 0 Å². The number of nitrogens with one attached hydrogen (secondary N) is 1. The Morgan fingerprint density at radius 2 is 2.21 bits per heavy atom. The molecule has 2 rings (SSSR count). The van der Waals surface area contributed by atoms with Crippen LogP contribution in [0.15, 0.2) is 24.4 Å². The van der Waals surface area contributed by atoms with Gasteiger partial charge in [-0.1, -0.05) is 25.1 Å². The van der Waals surface area contributed by atoms with Crippen molar-refractivity contribution in [1.29, 1.82) is 5.26 Å². The van der Waals surface area contributed by atoms with E-state index in [2.05, 4.69) is 24.0 Å². The summed E-state index contributed by atoms with van der Waals surface area (Å²) in [5.74, 6) is 0. The molecule has 0 aliphatic rings. The standard InChI is InChI=1S/C12H12N2/c1-2-9-8-14-12-10(6-7-13)4-3-5-11(9)12/h3-5,8,14H,2,6H2,1H3. The van der Waals surface area contributed by atoms with Gasteiger partial charge < -0.3 is 4.98 Å². The summed E-state index contributed by atoms with van der Waals surface area (Å²) in [5, 5.41) is 9.93. The van der Waals surface area contributed by atoms with Crippen LogP contribution in [0.25, 0.3) is 10.9 Å². The maximum Gasteiger partial charge on any atom is 0.0670 e. The van der Waals surface area contributed by atoms with E-state index < -0.39 is 0 Å². The zero-order chi connectivity index (χ0) is 9.97. The van der Waals surface area contributed by atoms with E-state index in [1.165, 1.54) is 10.9 Å². The van der Waals surface area contributed by atoms with Gasteiger partial charge in [-0.2, -0.15) is 5.26 Å². The predicted octanol–water partition coefficient (Wildman–Crippen LogP) is 2.80. The molecule has 1 heterocycles. The molecule has 0 saturated carbocycles. The van der Waals surface area contributed by atoms with Crippen molar-refractivity contribution >= 4 is 10.9 Å². The number of para-hydroxylation sites is 1. The molecule has 0 fully saturated rings. The molecule has 2 nitrogen and oxygen atoms in total. The van der Waals surface area contributed by atoms with Crippen molar-refractivity contribution < 1.29 is 0 Å². The van der Waals surface area contributed by atoms with Gasteiger partial charge in [-0.25, -0.2) is 0 Å². The van der Waals surface area contributed by atoms with E-state index in [1.54, 1.807) is 0 Å². The number of nitriles is 1. The number of hydrogen-bond acceptors (Lipinski definition) is 1. The van der Waals surface area contributed by atoms with Crippen LogP contribution in [0.1, 0.15) is 18.1 Å². The molecule has 2 heteroatoms. The molecule has 2 aromatic rings. The molecule has 1 aromatic carbocycles. The number of aromatic nitrogens is 1. The second-order valence-electron chi connectivity index (χ2n) is 3.34. The maximum atomic E-state index is 8.68. The average Bonchev–Trinajstić information content (AvgIpc) is 2.62. The Balaban J connectivity index is 2.65. The lowest BCUT2D eigenvalue weighted by molar-refractivity contribution is 1.15. The first-order chi connectivity index (χ1) is 6.86. The van der Waals surface area contributed by atoms with Gasteiger partial charge in [-0.15, -0.1) is 0 Å². The Morgan fingerprint density at radius 1 is 1.36 bits per heavy atom. The van der Waals surface area contributed by atoms with Crippen molar-refractivity contribution in [3.63, 3.8) is 0 Å². The Kier molecular flexibility index (Phi) is 2.24. The third-order valence-electron chi connectivity index (χ3n) is 2.54. The van der Waals surface area contributed by atoms with E-state index in [1.807, 2.05) is 18.3 Å². The Bertz CT molecular complexity index is 488. The van der Waals surface area contributed by atoms with Crippen LogP contribution in [0.4, 0.5) is 0 Å². The monoisotopic (exact) mass is 184 g/mol. The molecule has 0 aliphatic carbocycles. The van der Waals surface area contributed by atoms with E-state index in [0.717, 1.165) is 17.5 Å². The zero-order valence-electron chi connectivity index (χ0n) is 8.17. The van der Waals surface area contributed by atoms with Crippen molar-refractivity contribution in [2.45, 2.75) is 19.8 Å². The van der Waals surface area contributed by atoms with E-state index in [9.17, 15) is 0 Å². The lowest BCUT2D eigenvalue weighted by atomic mass is 10.1. The highest BCUT2D eigenvalue weighted by atomic mass is 14.7. The molecule has 0 atom stereocenters. The van der Waals surface area contributed by atoms with Gasteiger partial charge in [-0.05, 0) is 17.5 Å². The number of hydrogen-bond donors (Lipinski definition) is 1. The summed E-state index contributed by atoms with van der Waals surface area (Å²) in [6, 6.07) is 8.30. The van der Waals surface area contributed by atoms with Gasteiger partial charge in [0.05, 0.1) is 12.5 Å². The van der Waals surface area contributed by atoms with E-state index >= 15 is 0 Å². The van der Waals surface area contributed by atoms with E-state index in [4.69, 9.17) is 5.26 Å². The summed E-state index contributed by atoms with van der Waals surface area (Å²) >= 11 is 0. The minimum Gasteiger partial charge on any atom is -0.361 e. The zero-order valence-corrected chi connectivity index (χ0v) is 8.17. The van der Waals surface area contributed by atoms with Crippen LogP contribution in [0.2, 0.25) is 0 Å². The van der Waals surface area contributed by atoms with E-state index in [-0.39, 0.29) is 0 Å². The van der Waals surface area contributed by atoms with Gasteiger partial charge in [0, 0.05) is 17.1 Å². The molecule has 1 N–H and O–H groups in total. The predicted molar refractivity (Wildman–Crippen MR) is 57.0 cm³/mol. The molecule has 0 saturated heterocycles. The van der Waals surface area contributed by atoms with Gasteiger partial charge in [-0.3, -0.25) is 0 Å². The van der Waals surface area contributed by atoms with Crippen LogP contribution in [0, 0.1) is 11.3 Å². The number of benzene rings is 1. The molecule has 14 heavy (non-hydrogen) atoms. The van der Waals surface area contributed by atoms with Crippen molar-refractivity contribution in [2.75, 3.05) is 0 Å². The van der Waals surface area contributed by atoms with Gasteiger partial charge >= 0.3 is 0 Å². The van der Waals surface area contributed by atoms with Crippen LogP contribution < -0.4 is 0 Å². The Hall–Kier alpha value is -1.75. The second-order valence-corrected chi connectivity index (χ2v) is 3.34. The number of aromatic amines is 1. The van der Waals surface area contributed by atoms with Crippen molar-refractivity contribution in [2.24, 2.45) is 0 Å². The average molecular weight is 184 g/mol. The Labute approximate surface area is 83.2 Å². The maximum absolute atomic E-state index is 8.68. The molecule has 0 unspecified atom stereocenters. The second kappa shape index (κ2) is 3.55. The highest BCUT2D eigenvalue weighted by molar-refractivity contribution is 5.86. The molecule has 0 radical (unpaired) electrons. The fourth-order valence-electron chi connectivity index (χ4n) is 1.80. The first-order valence-electron chi connectivity index (χ1n) is 4.81. The number of rotatable bonds is 2. The summed E-state index contributed by atoms with van der Waals surface area (Å²) in [7, 11) is 0. The van der Waals surface area contributed by atoms with E-state index in [0.29, 0.717) is 6.42 Å². The SMILES string of the molecule is CCc1c[nH]c2c(CC#N)cccc12. The van der Waals surface area contributed by atoms with Crippen LogP contribution in [0.5, 0.6) is 0 Å². The number of H-pyrrole nitrogens is 1.